The maximum absolute atomic E-state index is 12.3. The number of aryl methyl sites for hydroxylation is 1. The maximum Gasteiger partial charge on any atom is 0.341 e. The van der Waals surface area contributed by atoms with Gasteiger partial charge in [0.1, 0.15) is 17.1 Å². The van der Waals surface area contributed by atoms with Gasteiger partial charge in [-0.05, 0) is 58.2 Å². The molecule has 0 heterocycles. The van der Waals surface area contributed by atoms with Gasteiger partial charge in [-0.25, -0.2) is 4.79 Å². The van der Waals surface area contributed by atoms with Gasteiger partial charge >= 0.3 is 5.97 Å². The molecule has 0 atom stereocenters. The summed E-state index contributed by atoms with van der Waals surface area (Å²) in [7, 11) is 2.75. The number of aromatic hydroxyl groups is 1. The first-order valence-corrected chi connectivity index (χ1v) is 8.19. The minimum absolute atomic E-state index is 0.118. The number of phenolic OH excluding ortho intramolecular Hbond substituents is 1. The quantitative estimate of drug-likeness (QED) is 0.743. The topological polar surface area (TPSA) is 84.9 Å². The van der Waals surface area contributed by atoms with Gasteiger partial charge in [0.05, 0.1) is 24.3 Å². The fourth-order valence-corrected chi connectivity index (χ4v) is 2.89. The van der Waals surface area contributed by atoms with Crippen LogP contribution in [-0.2, 0) is 11.3 Å². The average molecular weight is 408 g/mol. The van der Waals surface area contributed by atoms with E-state index in [1.54, 1.807) is 30.3 Å². The van der Waals surface area contributed by atoms with E-state index in [1.165, 1.54) is 14.2 Å². The van der Waals surface area contributed by atoms with Crippen LogP contribution in [0.2, 0.25) is 0 Å². The Hall–Kier alpha value is -2.54. The summed E-state index contributed by atoms with van der Waals surface area (Å²) >= 11 is 3.22. The lowest BCUT2D eigenvalue weighted by atomic mass is 10.1. The van der Waals surface area contributed by atoms with E-state index in [0.717, 1.165) is 5.56 Å². The summed E-state index contributed by atoms with van der Waals surface area (Å²) in [5.74, 6) is -0.669. The second-order valence-corrected chi connectivity index (χ2v) is 6.21. The first-order valence-electron chi connectivity index (χ1n) is 7.40. The van der Waals surface area contributed by atoms with Gasteiger partial charge in [-0.15, -0.1) is 0 Å². The summed E-state index contributed by atoms with van der Waals surface area (Å²) in [6.07, 6.45) is 0. The standard InChI is InChI=1S/C18H18BrNO5/c1-10-6-13(16(21)14(19)7-10)17(22)20-9-11-4-5-15(24-2)12(8-11)18(23)25-3/h4-8,21H,9H2,1-3H3,(H,20,22). The summed E-state index contributed by atoms with van der Waals surface area (Å²) in [6, 6.07) is 8.28. The largest absolute Gasteiger partial charge is 0.506 e. The molecule has 1 amide bonds. The molecular formula is C18H18BrNO5. The monoisotopic (exact) mass is 407 g/mol. The first-order chi connectivity index (χ1) is 11.9. The van der Waals surface area contributed by atoms with Crippen molar-refractivity contribution in [3.63, 3.8) is 0 Å². The van der Waals surface area contributed by atoms with Crippen LogP contribution in [0.1, 0.15) is 31.8 Å². The van der Waals surface area contributed by atoms with E-state index >= 15 is 0 Å². The highest BCUT2D eigenvalue weighted by atomic mass is 79.9. The zero-order valence-electron chi connectivity index (χ0n) is 14.1. The van der Waals surface area contributed by atoms with E-state index < -0.39 is 11.9 Å². The molecule has 25 heavy (non-hydrogen) atoms. The van der Waals surface area contributed by atoms with Crippen LogP contribution in [0, 0.1) is 6.92 Å². The van der Waals surface area contributed by atoms with Gasteiger partial charge in [-0.1, -0.05) is 6.07 Å². The number of carbonyl (C=O) groups excluding carboxylic acids is 2. The van der Waals surface area contributed by atoms with Crippen LogP contribution in [0.4, 0.5) is 0 Å². The third-order valence-electron chi connectivity index (χ3n) is 3.57. The molecule has 0 fully saturated rings. The number of methoxy groups -OCH3 is 2. The molecule has 0 saturated heterocycles. The number of rotatable bonds is 5. The molecule has 2 aromatic rings. The highest BCUT2D eigenvalue weighted by Crippen LogP contribution is 2.29. The molecule has 0 aliphatic rings. The van der Waals surface area contributed by atoms with Crippen LogP contribution >= 0.6 is 15.9 Å². The van der Waals surface area contributed by atoms with Crippen molar-refractivity contribution in [2.75, 3.05) is 14.2 Å². The Labute approximate surface area is 153 Å². The number of ether oxygens (including phenoxy) is 2. The Morgan fingerprint density at radius 1 is 1.16 bits per heavy atom. The molecule has 2 aromatic carbocycles. The fraction of sp³-hybridized carbons (Fsp3) is 0.222. The van der Waals surface area contributed by atoms with Crippen molar-refractivity contribution in [3.8, 4) is 11.5 Å². The molecule has 2 N–H and O–H groups in total. The number of hydrogen-bond donors (Lipinski definition) is 2. The normalized spacial score (nSPS) is 10.2. The Bertz CT molecular complexity index is 819. The van der Waals surface area contributed by atoms with Crippen LogP contribution in [-0.4, -0.2) is 31.2 Å². The number of nitrogens with one attached hydrogen (secondary N) is 1. The molecule has 0 saturated carbocycles. The van der Waals surface area contributed by atoms with Crippen LogP contribution in [0.25, 0.3) is 0 Å². The molecule has 0 spiro atoms. The zero-order valence-corrected chi connectivity index (χ0v) is 15.6. The highest BCUT2D eigenvalue weighted by Gasteiger charge is 2.16. The molecule has 6 nitrogen and oxygen atoms in total. The highest BCUT2D eigenvalue weighted by molar-refractivity contribution is 9.10. The number of benzene rings is 2. The number of halogens is 1. The number of hydrogen-bond acceptors (Lipinski definition) is 5. The number of amides is 1. The molecule has 132 valence electrons. The van der Waals surface area contributed by atoms with Crippen LogP contribution < -0.4 is 10.1 Å². The van der Waals surface area contributed by atoms with Crippen LogP contribution in [0.5, 0.6) is 11.5 Å². The van der Waals surface area contributed by atoms with E-state index in [2.05, 4.69) is 21.2 Å². The molecule has 7 heteroatoms. The van der Waals surface area contributed by atoms with Gasteiger partial charge in [0, 0.05) is 6.54 Å². The minimum atomic E-state index is -0.523. The second kappa shape index (κ2) is 8.02. The molecular weight excluding hydrogens is 390 g/mol. The summed E-state index contributed by atoms with van der Waals surface area (Å²) in [6.45, 7) is 2.00. The predicted octanol–water partition coefficient (Wildman–Crippen LogP) is 3.19. The summed E-state index contributed by atoms with van der Waals surface area (Å²) in [4.78, 5) is 24.1. The van der Waals surface area contributed by atoms with Gasteiger partial charge in [0.25, 0.3) is 5.91 Å². The van der Waals surface area contributed by atoms with Gasteiger partial charge in [-0.3, -0.25) is 4.79 Å². The number of carbonyl (C=O) groups is 2. The Kier molecular flexibility index (Phi) is 6.03. The van der Waals surface area contributed by atoms with Gasteiger partial charge in [0.15, 0.2) is 0 Å². The predicted molar refractivity (Wildman–Crippen MR) is 96.0 cm³/mol. The molecule has 2 rings (SSSR count). The van der Waals surface area contributed by atoms with Crippen molar-refractivity contribution < 1.29 is 24.2 Å². The van der Waals surface area contributed by atoms with Gasteiger partial charge < -0.3 is 19.9 Å². The lowest BCUT2D eigenvalue weighted by molar-refractivity contribution is 0.0597. The first kappa shape index (κ1) is 18.8. The van der Waals surface area contributed by atoms with Crippen molar-refractivity contribution in [2.45, 2.75) is 13.5 Å². The van der Waals surface area contributed by atoms with Gasteiger partial charge in [-0.2, -0.15) is 0 Å². The molecule has 0 aliphatic carbocycles. The Morgan fingerprint density at radius 3 is 2.52 bits per heavy atom. The zero-order chi connectivity index (χ0) is 18.6. The van der Waals surface area contributed by atoms with Crippen molar-refractivity contribution >= 4 is 27.8 Å². The van der Waals surface area contributed by atoms with Crippen molar-refractivity contribution in [1.29, 1.82) is 0 Å². The van der Waals surface area contributed by atoms with Crippen molar-refractivity contribution in [3.05, 3.63) is 57.1 Å². The van der Waals surface area contributed by atoms with Crippen LogP contribution in [0.3, 0.4) is 0 Å². The van der Waals surface area contributed by atoms with E-state index in [1.807, 2.05) is 6.92 Å². The maximum atomic E-state index is 12.3. The third-order valence-corrected chi connectivity index (χ3v) is 4.18. The van der Waals surface area contributed by atoms with Crippen LogP contribution in [0.15, 0.2) is 34.8 Å². The summed E-state index contributed by atoms with van der Waals surface area (Å²) < 4.78 is 10.3. The fourth-order valence-electron chi connectivity index (χ4n) is 2.32. The number of phenols is 1. The second-order valence-electron chi connectivity index (χ2n) is 5.35. The number of esters is 1. The SMILES string of the molecule is COC(=O)c1cc(CNC(=O)c2cc(C)cc(Br)c2O)ccc1OC. The van der Waals surface area contributed by atoms with E-state index in [4.69, 9.17) is 9.47 Å². The summed E-state index contributed by atoms with van der Waals surface area (Å²) in [5.41, 5.74) is 1.99. The van der Waals surface area contributed by atoms with E-state index in [0.29, 0.717) is 15.8 Å². The molecule has 0 aromatic heterocycles. The molecule has 0 bridgehead atoms. The van der Waals surface area contributed by atoms with Crippen molar-refractivity contribution in [2.24, 2.45) is 0 Å². The third kappa shape index (κ3) is 4.30. The van der Waals surface area contributed by atoms with Gasteiger partial charge in [0.2, 0.25) is 0 Å². The molecule has 0 radical (unpaired) electrons. The average Bonchev–Trinajstić information content (AvgIpc) is 2.61. The Balaban J connectivity index is 2.19. The molecule has 0 unspecified atom stereocenters. The summed E-state index contributed by atoms with van der Waals surface area (Å²) in [5, 5.41) is 12.7. The Morgan fingerprint density at radius 2 is 1.88 bits per heavy atom. The lowest BCUT2D eigenvalue weighted by Crippen LogP contribution is -2.23. The smallest absolute Gasteiger partial charge is 0.341 e. The lowest BCUT2D eigenvalue weighted by Gasteiger charge is -2.11. The van der Waals surface area contributed by atoms with E-state index in [9.17, 15) is 14.7 Å². The van der Waals surface area contributed by atoms with Crippen molar-refractivity contribution in [1.82, 2.24) is 5.32 Å². The van der Waals surface area contributed by atoms with E-state index in [-0.39, 0.29) is 23.4 Å². The molecule has 0 aliphatic heterocycles. The minimum Gasteiger partial charge on any atom is -0.506 e.